The van der Waals surface area contributed by atoms with Crippen LogP contribution in [0.15, 0.2) is 50.7 Å². The largest absolute Gasteiger partial charge is 0.508 e. The number of ether oxygens (including phenoxy) is 1. The average Bonchev–Trinajstić information content (AvgIpc) is 3.53. The van der Waals surface area contributed by atoms with Crippen molar-refractivity contribution in [2.45, 2.75) is 50.5 Å². The Labute approximate surface area is 221 Å². The summed E-state index contributed by atoms with van der Waals surface area (Å²) in [6, 6.07) is 6.16. The number of nitrogens with two attached hydrogens (primary N) is 1. The molecule has 5 rings (SSSR count). The number of aromatic nitrogens is 5. The van der Waals surface area contributed by atoms with Gasteiger partial charge >= 0.3 is 11.3 Å². The third kappa shape index (κ3) is 5.68. The monoisotopic (exact) mass is 534 g/mol. The first-order valence-electron chi connectivity index (χ1n) is 12.3. The molecule has 1 aliphatic rings. The summed E-state index contributed by atoms with van der Waals surface area (Å²) in [4.78, 5) is 28.4. The lowest BCUT2D eigenvalue weighted by Crippen LogP contribution is -2.28. The summed E-state index contributed by atoms with van der Waals surface area (Å²) >= 11 is 0. The summed E-state index contributed by atoms with van der Waals surface area (Å²) in [5.41, 5.74) is 6.22. The van der Waals surface area contributed by atoms with Crippen LogP contribution in [0.5, 0.6) is 5.75 Å². The normalized spacial score (nSPS) is 18.8. The van der Waals surface area contributed by atoms with E-state index in [1.807, 2.05) is 0 Å². The smallest absolute Gasteiger partial charge is 0.362 e. The van der Waals surface area contributed by atoms with Gasteiger partial charge in [0.1, 0.15) is 29.5 Å². The number of benzene rings is 1. The van der Waals surface area contributed by atoms with Crippen molar-refractivity contribution in [2.75, 3.05) is 12.3 Å². The number of hydrogen-bond acceptors (Lipinski definition) is 11. The second-order valence-electron chi connectivity index (χ2n) is 9.15. The molecule has 0 spiro atoms. The highest BCUT2D eigenvalue weighted by atomic mass is 16.5. The van der Waals surface area contributed by atoms with Crippen LogP contribution >= 0.6 is 0 Å². The van der Waals surface area contributed by atoms with Gasteiger partial charge in [0, 0.05) is 30.5 Å². The maximum absolute atomic E-state index is 12.4. The van der Waals surface area contributed by atoms with Crippen molar-refractivity contribution in [1.29, 1.82) is 0 Å². The summed E-state index contributed by atoms with van der Waals surface area (Å²) in [7, 11) is 0. The molecule has 0 bridgehead atoms. The van der Waals surface area contributed by atoms with Gasteiger partial charge in [0.05, 0.1) is 30.2 Å². The first-order chi connectivity index (χ1) is 18.8. The summed E-state index contributed by atoms with van der Waals surface area (Å²) in [5.74, 6) is 5.97. The Kier molecular flexibility index (Phi) is 7.42. The molecule has 0 radical (unpaired) electrons. The lowest BCUT2D eigenvalue weighted by molar-refractivity contribution is -0.0458. The van der Waals surface area contributed by atoms with Crippen molar-refractivity contribution in [3.63, 3.8) is 0 Å². The number of hydrogen-bond donors (Lipinski definition) is 4. The third-order valence-electron chi connectivity index (χ3n) is 6.37. The van der Waals surface area contributed by atoms with Gasteiger partial charge in [-0.25, -0.2) is 14.3 Å². The standard InChI is InChI=1S/C26H26N6O7/c27-24-16(12-31(26(37)28-24)23-11-20(35)22(14-33)38-23)5-3-1-2-4-6-17-13-32(30-29-17)19-9-15-7-8-18(34)10-21(15)39-25(19)36/h7-10,12-13,20,22-23,33-35H,1-2,4,6,11,14H2,(H2,27,28,37)/t20-,22+,23+/m0/s1. The molecule has 13 nitrogen and oxygen atoms in total. The fourth-order valence-electron chi connectivity index (χ4n) is 4.29. The van der Waals surface area contributed by atoms with Crippen LogP contribution in [0, 0.1) is 11.8 Å². The molecule has 39 heavy (non-hydrogen) atoms. The van der Waals surface area contributed by atoms with Crippen LogP contribution in [0.1, 0.15) is 43.2 Å². The molecular weight excluding hydrogens is 508 g/mol. The van der Waals surface area contributed by atoms with Gasteiger partial charge in [-0.05, 0) is 37.5 Å². The molecule has 13 heteroatoms. The summed E-state index contributed by atoms with van der Waals surface area (Å²) in [6.07, 6.45) is 3.55. The molecule has 4 heterocycles. The van der Waals surface area contributed by atoms with Crippen LogP contribution in [0.3, 0.4) is 0 Å². The number of aliphatic hydroxyl groups excluding tert-OH is 2. The van der Waals surface area contributed by atoms with E-state index in [-0.39, 0.29) is 35.9 Å². The maximum Gasteiger partial charge on any atom is 0.362 e. The van der Waals surface area contributed by atoms with E-state index in [1.54, 1.807) is 18.3 Å². The second-order valence-corrected chi connectivity index (χ2v) is 9.15. The zero-order chi connectivity index (χ0) is 27.5. The van der Waals surface area contributed by atoms with Gasteiger partial charge in [-0.15, -0.1) is 5.10 Å². The third-order valence-corrected chi connectivity index (χ3v) is 6.37. The van der Waals surface area contributed by atoms with Crippen LogP contribution in [0.4, 0.5) is 5.82 Å². The quantitative estimate of drug-likeness (QED) is 0.148. The van der Waals surface area contributed by atoms with Crippen molar-refractivity contribution in [2.24, 2.45) is 0 Å². The Hall–Kier alpha value is -4.51. The fraction of sp³-hybridized carbons (Fsp3) is 0.346. The Morgan fingerprint density at radius 2 is 2.03 bits per heavy atom. The SMILES string of the molecule is Nc1nc(=O)n([C@H]2C[C@H](O)[C@@H](CO)O2)cc1C#CCCCCc1cn(-c2cc3ccc(O)cc3oc2=O)nn1. The van der Waals surface area contributed by atoms with E-state index in [0.29, 0.717) is 29.5 Å². The lowest BCUT2D eigenvalue weighted by atomic mass is 10.1. The highest BCUT2D eigenvalue weighted by molar-refractivity contribution is 5.79. The first-order valence-corrected chi connectivity index (χ1v) is 12.3. The zero-order valence-electron chi connectivity index (χ0n) is 20.7. The Morgan fingerprint density at radius 3 is 2.82 bits per heavy atom. The Morgan fingerprint density at radius 1 is 1.18 bits per heavy atom. The molecule has 3 atom stereocenters. The zero-order valence-corrected chi connectivity index (χ0v) is 20.7. The molecular formula is C26H26N6O7. The number of nitrogen functional groups attached to an aromatic ring is 1. The van der Waals surface area contributed by atoms with Gasteiger partial charge in [0.2, 0.25) is 0 Å². The number of aryl methyl sites for hydroxylation is 1. The van der Waals surface area contributed by atoms with Gasteiger partial charge in [-0.3, -0.25) is 4.57 Å². The fourth-order valence-corrected chi connectivity index (χ4v) is 4.29. The molecule has 0 aliphatic carbocycles. The van der Waals surface area contributed by atoms with Crippen LogP contribution in [-0.4, -0.2) is 58.7 Å². The number of unbranched alkanes of at least 4 members (excludes halogenated alkanes) is 2. The molecule has 1 aromatic carbocycles. The number of phenols is 1. The van der Waals surface area contributed by atoms with E-state index in [0.717, 1.165) is 12.8 Å². The van der Waals surface area contributed by atoms with Crippen molar-refractivity contribution in [1.82, 2.24) is 24.5 Å². The molecule has 1 aliphatic heterocycles. The van der Waals surface area contributed by atoms with E-state index < -0.39 is 29.8 Å². The molecule has 1 fully saturated rings. The van der Waals surface area contributed by atoms with Crippen LogP contribution in [0.25, 0.3) is 16.7 Å². The molecule has 3 aromatic heterocycles. The van der Waals surface area contributed by atoms with Gasteiger partial charge in [-0.2, -0.15) is 4.98 Å². The minimum absolute atomic E-state index is 0.00613. The molecule has 0 saturated carbocycles. The summed E-state index contributed by atoms with van der Waals surface area (Å²) in [6.45, 7) is -0.358. The second kappa shape index (κ2) is 11.1. The number of fused-ring (bicyclic) bond motifs is 1. The number of phenolic OH excluding ortho intramolecular Hbond substituents is 1. The minimum atomic E-state index is -0.888. The van der Waals surface area contributed by atoms with Crippen LogP contribution in [0.2, 0.25) is 0 Å². The molecule has 0 amide bonds. The van der Waals surface area contributed by atoms with Crippen LogP contribution < -0.4 is 17.0 Å². The van der Waals surface area contributed by atoms with E-state index in [2.05, 4.69) is 27.1 Å². The predicted molar refractivity (Wildman–Crippen MR) is 138 cm³/mol. The van der Waals surface area contributed by atoms with E-state index in [9.17, 15) is 24.9 Å². The predicted octanol–water partition coefficient (Wildman–Crippen LogP) is 0.623. The number of nitrogens with zero attached hydrogens (tertiary/aromatic N) is 5. The van der Waals surface area contributed by atoms with E-state index >= 15 is 0 Å². The van der Waals surface area contributed by atoms with Crippen molar-refractivity contribution in [3.05, 3.63) is 68.8 Å². The molecule has 5 N–H and O–H groups in total. The van der Waals surface area contributed by atoms with Gasteiger partial charge < -0.3 is 30.2 Å². The number of aliphatic hydroxyl groups is 2. The van der Waals surface area contributed by atoms with Crippen molar-refractivity contribution >= 4 is 16.8 Å². The van der Waals surface area contributed by atoms with Crippen molar-refractivity contribution in [3.8, 4) is 23.3 Å². The number of aromatic hydroxyl groups is 1. The topological polar surface area (TPSA) is 192 Å². The average molecular weight is 535 g/mol. The van der Waals surface area contributed by atoms with Gasteiger partial charge in [-0.1, -0.05) is 17.1 Å². The lowest BCUT2D eigenvalue weighted by Gasteiger charge is -2.14. The number of anilines is 1. The van der Waals surface area contributed by atoms with E-state index in [1.165, 1.54) is 27.6 Å². The minimum Gasteiger partial charge on any atom is -0.508 e. The first kappa shape index (κ1) is 26.1. The number of rotatable bonds is 7. The summed E-state index contributed by atoms with van der Waals surface area (Å²) in [5, 5.41) is 37.6. The van der Waals surface area contributed by atoms with Crippen molar-refractivity contribution < 1.29 is 24.5 Å². The molecule has 0 unspecified atom stereocenters. The Balaban J connectivity index is 1.17. The molecule has 4 aromatic rings. The van der Waals surface area contributed by atoms with Crippen LogP contribution in [-0.2, 0) is 11.2 Å². The Bertz CT molecular complexity index is 1680. The highest BCUT2D eigenvalue weighted by Crippen LogP contribution is 2.27. The summed E-state index contributed by atoms with van der Waals surface area (Å²) < 4.78 is 13.4. The van der Waals surface area contributed by atoms with E-state index in [4.69, 9.17) is 14.9 Å². The van der Waals surface area contributed by atoms with Gasteiger partial charge in [0.25, 0.3) is 0 Å². The molecule has 202 valence electrons. The maximum atomic E-state index is 12.4. The molecule has 1 saturated heterocycles. The highest BCUT2D eigenvalue weighted by Gasteiger charge is 2.35. The van der Waals surface area contributed by atoms with Gasteiger partial charge in [0.15, 0.2) is 5.69 Å².